The number of hydrogen-bond donors (Lipinski definition) is 0. The van der Waals surface area contributed by atoms with Crippen LogP contribution in [-0.2, 0) is 0 Å². The van der Waals surface area contributed by atoms with Crippen LogP contribution in [0, 0.1) is 0 Å². The highest BCUT2D eigenvalue weighted by molar-refractivity contribution is 6.36. The highest BCUT2D eigenvalue weighted by Gasteiger charge is 1.97. The molecule has 0 bridgehead atoms. The van der Waals surface area contributed by atoms with Crippen molar-refractivity contribution in [2.24, 2.45) is 4.99 Å². The van der Waals surface area contributed by atoms with E-state index in [1.165, 1.54) is 0 Å². The highest BCUT2D eigenvalue weighted by Crippen LogP contribution is 2.27. The van der Waals surface area contributed by atoms with Gasteiger partial charge in [0, 0.05) is 19.1 Å². The van der Waals surface area contributed by atoms with Crippen molar-refractivity contribution in [1.82, 2.24) is 4.90 Å². The summed E-state index contributed by atoms with van der Waals surface area (Å²) in [5.74, 6) is 0. The Morgan fingerprint density at radius 1 is 1.31 bits per heavy atom. The van der Waals surface area contributed by atoms with Crippen molar-refractivity contribution in [2.45, 2.75) is 0 Å². The molecule has 1 rings (SSSR count). The Bertz CT molecular complexity index is 321. The molecule has 0 saturated heterocycles. The summed E-state index contributed by atoms with van der Waals surface area (Å²) >= 11 is 11.6. The van der Waals surface area contributed by atoms with Crippen molar-refractivity contribution >= 4 is 35.2 Å². The van der Waals surface area contributed by atoms with Crippen molar-refractivity contribution in [3.63, 3.8) is 0 Å². The molecule has 0 aliphatic rings. The molecular formula is C9H10Cl2N2. The van der Waals surface area contributed by atoms with Crippen LogP contribution in [0.2, 0.25) is 10.0 Å². The first-order chi connectivity index (χ1) is 6.09. The molecule has 1 aromatic rings. The van der Waals surface area contributed by atoms with Gasteiger partial charge in [0.25, 0.3) is 0 Å². The molecule has 2 nitrogen and oxygen atoms in total. The van der Waals surface area contributed by atoms with E-state index in [9.17, 15) is 0 Å². The molecular weight excluding hydrogens is 207 g/mol. The van der Waals surface area contributed by atoms with Gasteiger partial charge < -0.3 is 4.90 Å². The minimum atomic E-state index is 0.561. The molecule has 0 saturated carbocycles. The summed E-state index contributed by atoms with van der Waals surface area (Å²) in [5.41, 5.74) is 0.722. The zero-order valence-corrected chi connectivity index (χ0v) is 8.97. The summed E-state index contributed by atoms with van der Waals surface area (Å²) in [6.45, 7) is 0. The zero-order chi connectivity index (χ0) is 9.84. The van der Waals surface area contributed by atoms with Gasteiger partial charge in [-0.1, -0.05) is 23.2 Å². The third-order valence-electron chi connectivity index (χ3n) is 1.34. The summed E-state index contributed by atoms with van der Waals surface area (Å²) in [5, 5.41) is 1.18. The summed E-state index contributed by atoms with van der Waals surface area (Å²) in [6, 6.07) is 5.21. The van der Waals surface area contributed by atoms with E-state index in [1.807, 2.05) is 19.0 Å². The molecule has 0 spiro atoms. The fourth-order valence-corrected chi connectivity index (χ4v) is 1.22. The third-order valence-corrected chi connectivity index (χ3v) is 1.88. The van der Waals surface area contributed by atoms with E-state index < -0.39 is 0 Å². The number of aliphatic imine (C=N–C) groups is 1. The maximum atomic E-state index is 5.90. The van der Waals surface area contributed by atoms with Crippen molar-refractivity contribution in [2.75, 3.05) is 14.1 Å². The van der Waals surface area contributed by atoms with Crippen LogP contribution in [-0.4, -0.2) is 25.3 Å². The zero-order valence-electron chi connectivity index (χ0n) is 7.46. The maximum absolute atomic E-state index is 5.90. The third kappa shape index (κ3) is 3.25. The minimum Gasteiger partial charge on any atom is -0.369 e. The molecule has 0 aromatic heterocycles. The molecule has 70 valence electrons. The van der Waals surface area contributed by atoms with E-state index in [0.717, 1.165) is 5.69 Å². The van der Waals surface area contributed by atoms with Crippen molar-refractivity contribution in [3.8, 4) is 0 Å². The van der Waals surface area contributed by atoms with Gasteiger partial charge in [0.15, 0.2) is 0 Å². The lowest BCUT2D eigenvalue weighted by Gasteiger charge is -2.03. The average molecular weight is 217 g/mol. The quantitative estimate of drug-likeness (QED) is 0.548. The Morgan fingerprint density at radius 3 is 2.54 bits per heavy atom. The Labute approximate surface area is 87.8 Å². The summed E-state index contributed by atoms with van der Waals surface area (Å²) in [7, 11) is 3.79. The van der Waals surface area contributed by atoms with E-state index in [4.69, 9.17) is 23.2 Å². The van der Waals surface area contributed by atoms with E-state index in [2.05, 4.69) is 4.99 Å². The number of hydrogen-bond acceptors (Lipinski definition) is 1. The predicted octanol–water partition coefficient (Wildman–Crippen LogP) is 3.21. The molecule has 0 unspecified atom stereocenters. The number of benzene rings is 1. The smallest absolute Gasteiger partial charge is 0.0907 e. The second-order valence-corrected chi connectivity index (χ2v) is 3.65. The van der Waals surface area contributed by atoms with Crippen molar-refractivity contribution in [1.29, 1.82) is 0 Å². The van der Waals surface area contributed by atoms with Gasteiger partial charge in [-0.25, -0.2) is 4.99 Å². The number of rotatable bonds is 2. The van der Waals surface area contributed by atoms with Crippen LogP contribution in [0.4, 0.5) is 5.69 Å². The highest BCUT2D eigenvalue weighted by atomic mass is 35.5. The van der Waals surface area contributed by atoms with Crippen LogP contribution in [0.15, 0.2) is 23.2 Å². The maximum Gasteiger partial charge on any atom is 0.0907 e. The lowest BCUT2D eigenvalue weighted by atomic mass is 10.3. The largest absolute Gasteiger partial charge is 0.369 e. The summed E-state index contributed by atoms with van der Waals surface area (Å²) < 4.78 is 0. The molecule has 4 heteroatoms. The van der Waals surface area contributed by atoms with Crippen LogP contribution >= 0.6 is 23.2 Å². The van der Waals surface area contributed by atoms with Gasteiger partial charge in [0.05, 0.1) is 17.0 Å². The Balaban J connectivity index is 2.90. The van der Waals surface area contributed by atoms with Gasteiger partial charge in [-0.05, 0) is 18.2 Å². The second kappa shape index (κ2) is 4.49. The van der Waals surface area contributed by atoms with Crippen LogP contribution in [0.25, 0.3) is 0 Å². The molecule has 0 aliphatic heterocycles. The molecule has 0 N–H and O–H groups in total. The van der Waals surface area contributed by atoms with Gasteiger partial charge in [-0.15, -0.1) is 0 Å². The van der Waals surface area contributed by atoms with Crippen LogP contribution in [0.3, 0.4) is 0 Å². The van der Waals surface area contributed by atoms with Crippen LogP contribution in [0.5, 0.6) is 0 Å². The van der Waals surface area contributed by atoms with Crippen molar-refractivity contribution in [3.05, 3.63) is 28.2 Å². The van der Waals surface area contributed by atoms with E-state index in [0.29, 0.717) is 10.0 Å². The monoisotopic (exact) mass is 216 g/mol. The molecule has 13 heavy (non-hydrogen) atoms. The molecule has 0 amide bonds. The van der Waals surface area contributed by atoms with Gasteiger partial charge >= 0.3 is 0 Å². The summed E-state index contributed by atoms with van der Waals surface area (Å²) in [4.78, 5) is 5.99. The number of nitrogens with zero attached hydrogens (tertiary/aromatic N) is 2. The first-order valence-electron chi connectivity index (χ1n) is 3.75. The van der Waals surface area contributed by atoms with Gasteiger partial charge in [-0.2, -0.15) is 0 Å². The van der Waals surface area contributed by atoms with Crippen molar-refractivity contribution < 1.29 is 0 Å². The van der Waals surface area contributed by atoms with Crippen LogP contribution in [0.1, 0.15) is 0 Å². The van der Waals surface area contributed by atoms with E-state index in [-0.39, 0.29) is 0 Å². The topological polar surface area (TPSA) is 15.6 Å². The second-order valence-electron chi connectivity index (χ2n) is 2.80. The van der Waals surface area contributed by atoms with Gasteiger partial charge in [-0.3, -0.25) is 0 Å². The lowest BCUT2D eigenvalue weighted by molar-refractivity contribution is 0.643. The van der Waals surface area contributed by atoms with E-state index in [1.54, 1.807) is 24.5 Å². The average Bonchev–Trinajstić information content (AvgIpc) is 2.02. The first kappa shape index (κ1) is 10.4. The number of halogens is 2. The normalized spacial score (nSPS) is 10.8. The molecule has 0 radical (unpaired) electrons. The fraction of sp³-hybridized carbons (Fsp3) is 0.222. The minimum absolute atomic E-state index is 0.561. The molecule has 0 heterocycles. The first-order valence-corrected chi connectivity index (χ1v) is 4.51. The van der Waals surface area contributed by atoms with Gasteiger partial charge in [0.1, 0.15) is 0 Å². The Kier molecular flexibility index (Phi) is 3.58. The van der Waals surface area contributed by atoms with Gasteiger partial charge in [0.2, 0.25) is 0 Å². The predicted molar refractivity (Wildman–Crippen MR) is 58.3 cm³/mol. The fourth-order valence-electron chi connectivity index (χ4n) is 0.764. The molecule has 1 aromatic carbocycles. The van der Waals surface area contributed by atoms with Crippen LogP contribution < -0.4 is 0 Å². The summed E-state index contributed by atoms with van der Waals surface area (Å²) in [6.07, 6.45) is 1.69. The Hall–Kier alpha value is -0.730. The lowest BCUT2D eigenvalue weighted by Crippen LogP contribution is -2.06. The SMILES string of the molecule is CN(C)C=Nc1ccc(Cl)cc1Cl. The molecule has 0 fully saturated rings. The molecule has 0 aliphatic carbocycles. The Morgan fingerprint density at radius 2 is 2.00 bits per heavy atom. The van der Waals surface area contributed by atoms with E-state index >= 15 is 0 Å². The standard InChI is InChI=1S/C9H10Cl2N2/c1-13(2)6-12-9-4-3-7(10)5-8(9)11/h3-6H,1-2H3. The molecule has 0 atom stereocenters.